The van der Waals surface area contributed by atoms with Crippen LogP contribution in [-0.4, -0.2) is 50.5 Å². The van der Waals surface area contributed by atoms with Gasteiger partial charge in [-0.1, -0.05) is 13.8 Å². The van der Waals surface area contributed by atoms with Crippen molar-refractivity contribution in [1.82, 2.24) is 5.32 Å². The predicted octanol–water partition coefficient (Wildman–Crippen LogP) is 1.95. The minimum Gasteiger partial charge on any atom is -0.497 e. The lowest BCUT2D eigenvalue weighted by molar-refractivity contribution is -0.139. The van der Waals surface area contributed by atoms with Gasteiger partial charge in [-0.2, -0.15) is 0 Å². The molecular weight excluding hydrogens is 314 g/mol. The number of hydrogen-bond acceptors (Lipinski definition) is 5. The van der Waals surface area contributed by atoms with Gasteiger partial charge < -0.3 is 24.6 Å². The first-order valence-electron chi connectivity index (χ1n) is 7.72. The average Bonchev–Trinajstić information content (AvgIpc) is 2.55. The molecule has 0 heterocycles. The number of nitrogens with one attached hydrogen (secondary N) is 1. The number of carbonyl (C=O) groups is 2. The third-order valence-electron chi connectivity index (χ3n) is 3.22. The highest BCUT2D eigenvalue weighted by molar-refractivity contribution is 5.99. The van der Waals surface area contributed by atoms with Crippen molar-refractivity contribution in [3.63, 3.8) is 0 Å². The fourth-order valence-electron chi connectivity index (χ4n) is 1.92. The third-order valence-corrected chi connectivity index (χ3v) is 3.22. The largest absolute Gasteiger partial charge is 0.497 e. The summed E-state index contributed by atoms with van der Waals surface area (Å²) >= 11 is 0. The summed E-state index contributed by atoms with van der Waals surface area (Å²) in [5.41, 5.74) is 0.264. The summed E-state index contributed by atoms with van der Waals surface area (Å²) in [5.74, 6) is -0.435. The van der Waals surface area contributed by atoms with Crippen molar-refractivity contribution in [3.8, 4) is 11.5 Å². The number of carbonyl (C=O) groups excluding carboxylic acids is 1. The number of carboxylic acids is 1. The highest BCUT2D eigenvalue weighted by Gasteiger charge is 2.22. The van der Waals surface area contributed by atoms with Crippen LogP contribution in [0.1, 0.15) is 30.6 Å². The third kappa shape index (κ3) is 6.08. The number of ether oxygens (including phenoxy) is 3. The molecule has 1 atom stereocenters. The van der Waals surface area contributed by atoms with E-state index < -0.39 is 17.9 Å². The predicted molar refractivity (Wildman–Crippen MR) is 88.7 cm³/mol. The minimum atomic E-state index is -1.11. The lowest BCUT2D eigenvalue weighted by Gasteiger charge is -2.17. The highest BCUT2D eigenvalue weighted by Crippen LogP contribution is 2.25. The lowest BCUT2D eigenvalue weighted by atomic mass is 10.1. The van der Waals surface area contributed by atoms with E-state index in [1.165, 1.54) is 14.2 Å². The van der Waals surface area contributed by atoms with Crippen LogP contribution in [-0.2, 0) is 9.53 Å². The summed E-state index contributed by atoms with van der Waals surface area (Å²) < 4.78 is 15.7. The summed E-state index contributed by atoms with van der Waals surface area (Å²) in [6.07, 6.45) is 0.177. The number of benzene rings is 1. The summed E-state index contributed by atoms with van der Waals surface area (Å²) in [4.78, 5) is 23.7. The Morgan fingerprint density at radius 3 is 2.50 bits per heavy atom. The van der Waals surface area contributed by atoms with Crippen LogP contribution in [0.2, 0.25) is 0 Å². The van der Waals surface area contributed by atoms with Gasteiger partial charge in [-0.3, -0.25) is 4.79 Å². The van der Waals surface area contributed by atoms with Crippen LogP contribution < -0.4 is 14.8 Å². The van der Waals surface area contributed by atoms with Crippen molar-refractivity contribution in [2.24, 2.45) is 5.92 Å². The van der Waals surface area contributed by atoms with E-state index in [1.54, 1.807) is 18.2 Å². The van der Waals surface area contributed by atoms with Crippen molar-refractivity contribution in [2.45, 2.75) is 26.3 Å². The normalized spacial score (nSPS) is 11.9. The van der Waals surface area contributed by atoms with Crippen LogP contribution in [0.5, 0.6) is 11.5 Å². The Hall–Kier alpha value is -2.28. The molecular formula is C17H25NO6. The van der Waals surface area contributed by atoms with Gasteiger partial charge in [-0.25, -0.2) is 4.79 Å². The Balaban J connectivity index is 2.96. The molecule has 0 saturated heterocycles. The fraction of sp³-hybridized carbons (Fsp3) is 0.529. The number of aliphatic carboxylic acids is 1. The molecule has 7 heteroatoms. The maximum atomic E-state index is 12.5. The molecule has 0 aromatic heterocycles. The van der Waals surface area contributed by atoms with Crippen molar-refractivity contribution in [1.29, 1.82) is 0 Å². The Labute approximate surface area is 141 Å². The molecule has 0 fully saturated rings. The maximum Gasteiger partial charge on any atom is 0.326 e. The molecule has 24 heavy (non-hydrogen) atoms. The molecule has 1 aromatic rings. The second kappa shape index (κ2) is 9.77. The molecule has 0 saturated carbocycles. The number of hydrogen-bond donors (Lipinski definition) is 2. The van der Waals surface area contributed by atoms with Crippen molar-refractivity contribution in [2.75, 3.05) is 27.4 Å². The van der Waals surface area contributed by atoms with E-state index in [2.05, 4.69) is 5.32 Å². The first-order valence-corrected chi connectivity index (χ1v) is 7.72. The van der Waals surface area contributed by atoms with E-state index in [4.69, 9.17) is 14.2 Å². The summed E-state index contributed by atoms with van der Waals surface area (Å²) in [7, 11) is 2.99. The molecule has 0 bridgehead atoms. The molecule has 0 radical (unpaired) electrons. The zero-order chi connectivity index (χ0) is 18.1. The molecule has 0 spiro atoms. The molecule has 134 valence electrons. The molecule has 1 rings (SSSR count). The summed E-state index contributed by atoms with van der Waals surface area (Å²) in [5, 5.41) is 11.7. The van der Waals surface area contributed by atoms with Crippen molar-refractivity contribution in [3.05, 3.63) is 23.8 Å². The van der Waals surface area contributed by atoms with Gasteiger partial charge in [0.05, 0.1) is 19.3 Å². The molecule has 0 aliphatic heterocycles. The molecule has 1 unspecified atom stereocenters. The molecule has 7 nitrogen and oxygen atoms in total. The quantitative estimate of drug-likeness (QED) is 0.677. The average molecular weight is 339 g/mol. The van der Waals surface area contributed by atoms with Gasteiger partial charge in [0.1, 0.15) is 17.5 Å². The fourth-order valence-corrected chi connectivity index (χ4v) is 1.92. The van der Waals surface area contributed by atoms with E-state index in [1.807, 2.05) is 13.8 Å². The van der Waals surface area contributed by atoms with E-state index >= 15 is 0 Å². The Morgan fingerprint density at radius 1 is 1.25 bits per heavy atom. The van der Waals surface area contributed by atoms with Crippen LogP contribution >= 0.6 is 0 Å². The van der Waals surface area contributed by atoms with Crippen molar-refractivity contribution >= 4 is 11.9 Å². The zero-order valence-corrected chi connectivity index (χ0v) is 14.5. The van der Waals surface area contributed by atoms with Gasteiger partial charge in [0, 0.05) is 26.2 Å². The van der Waals surface area contributed by atoms with Gasteiger partial charge in [-0.15, -0.1) is 0 Å². The summed E-state index contributed by atoms with van der Waals surface area (Å²) in [6, 6.07) is 3.76. The Morgan fingerprint density at radius 2 is 1.96 bits per heavy atom. The molecule has 1 amide bonds. The Kier molecular flexibility index (Phi) is 8.05. The van der Waals surface area contributed by atoms with E-state index in [0.29, 0.717) is 18.1 Å². The van der Waals surface area contributed by atoms with Crippen LogP contribution in [0.3, 0.4) is 0 Å². The monoisotopic (exact) mass is 339 g/mol. The zero-order valence-electron chi connectivity index (χ0n) is 14.5. The van der Waals surface area contributed by atoms with E-state index in [-0.39, 0.29) is 24.5 Å². The minimum absolute atomic E-state index is 0.177. The second-order valence-electron chi connectivity index (χ2n) is 5.71. The first-order chi connectivity index (χ1) is 11.4. The summed E-state index contributed by atoms with van der Waals surface area (Å²) in [6.45, 7) is 4.65. The highest BCUT2D eigenvalue weighted by atomic mass is 16.5. The van der Waals surface area contributed by atoms with Gasteiger partial charge in [0.25, 0.3) is 5.91 Å². The van der Waals surface area contributed by atoms with Gasteiger partial charge in [-0.05, 0) is 18.1 Å². The first kappa shape index (κ1) is 19.8. The molecule has 0 aliphatic carbocycles. The van der Waals surface area contributed by atoms with Crippen LogP contribution in [0.4, 0.5) is 0 Å². The number of methoxy groups -OCH3 is 2. The van der Waals surface area contributed by atoms with Gasteiger partial charge in [0.15, 0.2) is 0 Å². The molecule has 0 aliphatic rings. The number of amides is 1. The number of carboxylic acid groups (broad SMARTS) is 1. The number of rotatable bonds is 10. The Bertz CT molecular complexity index is 558. The van der Waals surface area contributed by atoms with E-state index in [0.717, 1.165) is 0 Å². The van der Waals surface area contributed by atoms with Gasteiger partial charge in [0.2, 0.25) is 0 Å². The van der Waals surface area contributed by atoms with Crippen LogP contribution in [0.25, 0.3) is 0 Å². The molecule has 1 aromatic carbocycles. The van der Waals surface area contributed by atoms with E-state index in [9.17, 15) is 14.7 Å². The molecule has 2 N–H and O–H groups in total. The second-order valence-corrected chi connectivity index (χ2v) is 5.71. The standard InChI is InChI=1S/C17H25NO6/c1-11(2)10-24-15-9-12(23-4)5-6-13(15)16(19)18-14(17(20)21)7-8-22-3/h5-6,9,11,14H,7-8,10H2,1-4H3,(H,18,19)(H,20,21). The lowest BCUT2D eigenvalue weighted by Crippen LogP contribution is -2.41. The van der Waals surface area contributed by atoms with Crippen LogP contribution in [0, 0.1) is 5.92 Å². The maximum absolute atomic E-state index is 12.5. The van der Waals surface area contributed by atoms with Crippen LogP contribution in [0.15, 0.2) is 18.2 Å². The SMILES string of the molecule is COCCC(NC(=O)c1ccc(OC)cc1OCC(C)C)C(=O)O. The smallest absolute Gasteiger partial charge is 0.326 e. The van der Waals surface area contributed by atoms with Gasteiger partial charge >= 0.3 is 5.97 Å². The topological polar surface area (TPSA) is 94.1 Å². The van der Waals surface area contributed by atoms with Crippen molar-refractivity contribution < 1.29 is 28.9 Å².